The number of hydrogen-bond acceptors (Lipinski definition) is 4. The SMILES string of the molecule is CC[C@H](O[Si](C)(C)C(C)(C)C)[C@@H](C)C(O)C(C)C(=O)[C@@H](C)[C@@H](O[Si](CC)(CC)CC)[C@@H](C)CC. The fourth-order valence-corrected chi connectivity index (χ4v) is 9.28. The van der Waals surface area contributed by atoms with Crippen LogP contribution in [-0.2, 0) is 13.6 Å². The van der Waals surface area contributed by atoms with Crippen molar-refractivity contribution in [3.63, 3.8) is 0 Å². The number of hydrogen-bond donors (Lipinski definition) is 1. The van der Waals surface area contributed by atoms with Gasteiger partial charge in [-0.05, 0) is 48.6 Å². The van der Waals surface area contributed by atoms with Crippen molar-refractivity contribution in [3.05, 3.63) is 0 Å². The Bertz CT molecular complexity index is 589. The lowest BCUT2D eigenvalue weighted by Gasteiger charge is -2.42. The normalized spacial score (nSPS) is 19.7. The van der Waals surface area contributed by atoms with Crippen LogP contribution in [-0.4, -0.2) is 45.8 Å². The van der Waals surface area contributed by atoms with E-state index in [9.17, 15) is 9.90 Å². The zero-order chi connectivity index (χ0) is 27.1. The van der Waals surface area contributed by atoms with Crippen molar-refractivity contribution in [2.24, 2.45) is 23.7 Å². The van der Waals surface area contributed by atoms with Crippen LogP contribution >= 0.6 is 0 Å². The number of ketones is 1. The van der Waals surface area contributed by atoms with Crippen molar-refractivity contribution in [2.75, 3.05) is 0 Å². The van der Waals surface area contributed by atoms with Crippen molar-refractivity contribution in [1.29, 1.82) is 0 Å². The molecule has 4 nitrogen and oxygen atoms in total. The molecule has 0 aromatic carbocycles. The average molecular weight is 517 g/mol. The van der Waals surface area contributed by atoms with Gasteiger partial charge in [-0.15, -0.1) is 0 Å². The van der Waals surface area contributed by atoms with Crippen LogP contribution in [0.3, 0.4) is 0 Å². The van der Waals surface area contributed by atoms with E-state index in [1.807, 2.05) is 20.8 Å². The van der Waals surface area contributed by atoms with Crippen LogP contribution in [0.1, 0.15) is 95.9 Å². The first-order chi connectivity index (χ1) is 15.5. The number of rotatable bonds is 16. The molecule has 0 bridgehead atoms. The van der Waals surface area contributed by atoms with Gasteiger partial charge in [-0.3, -0.25) is 4.79 Å². The van der Waals surface area contributed by atoms with E-state index in [4.69, 9.17) is 8.85 Å². The van der Waals surface area contributed by atoms with Crippen molar-refractivity contribution in [1.82, 2.24) is 0 Å². The largest absolute Gasteiger partial charge is 0.414 e. The highest BCUT2D eigenvalue weighted by atomic mass is 28.4. The number of Topliss-reactive ketones (excluding diaryl/α,β-unsaturated/α-hetero) is 1. The van der Waals surface area contributed by atoms with Crippen molar-refractivity contribution < 1.29 is 18.8 Å². The van der Waals surface area contributed by atoms with E-state index in [-0.39, 0.29) is 34.9 Å². The lowest BCUT2D eigenvalue weighted by atomic mass is 9.79. The Morgan fingerprint density at radius 3 is 1.65 bits per heavy atom. The quantitative estimate of drug-likeness (QED) is 0.211. The van der Waals surface area contributed by atoms with Crippen LogP contribution in [0.15, 0.2) is 0 Å². The maximum Gasteiger partial charge on any atom is 0.192 e. The van der Waals surface area contributed by atoms with Crippen LogP contribution in [0.4, 0.5) is 0 Å². The molecule has 0 fully saturated rings. The van der Waals surface area contributed by atoms with Gasteiger partial charge in [0.25, 0.3) is 0 Å². The molecule has 0 aromatic rings. The second kappa shape index (κ2) is 14.1. The smallest absolute Gasteiger partial charge is 0.192 e. The molecule has 34 heavy (non-hydrogen) atoms. The van der Waals surface area contributed by atoms with Gasteiger partial charge in [-0.25, -0.2) is 0 Å². The molecule has 1 N–H and O–H groups in total. The maximum atomic E-state index is 13.7. The van der Waals surface area contributed by atoms with Gasteiger partial charge in [0.1, 0.15) is 5.78 Å². The minimum Gasteiger partial charge on any atom is -0.414 e. The summed E-state index contributed by atoms with van der Waals surface area (Å²) in [7, 11) is -3.82. The number of carbonyl (C=O) groups excluding carboxylic acids is 1. The van der Waals surface area contributed by atoms with Crippen molar-refractivity contribution in [3.8, 4) is 0 Å². The molecule has 7 atom stereocenters. The molecule has 0 aromatic heterocycles. The highest BCUT2D eigenvalue weighted by molar-refractivity contribution is 6.74. The van der Waals surface area contributed by atoms with E-state index in [1.54, 1.807) is 0 Å². The van der Waals surface area contributed by atoms with Crippen LogP contribution in [0.2, 0.25) is 36.3 Å². The molecule has 0 heterocycles. The van der Waals surface area contributed by atoms with Crippen LogP contribution in [0, 0.1) is 23.7 Å². The summed E-state index contributed by atoms with van der Waals surface area (Å²) >= 11 is 0. The highest BCUT2D eigenvalue weighted by Gasteiger charge is 2.43. The molecular weight excluding hydrogens is 456 g/mol. The van der Waals surface area contributed by atoms with Crippen LogP contribution in [0.25, 0.3) is 0 Å². The Morgan fingerprint density at radius 1 is 0.824 bits per heavy atom. The van der Waals surface area contributed by atoms with Crippen LogP contribution < -0.4 is 0 Å². The van der Waals surface area contributed by atoms with E-state index < -0.39 is 28.7 Å². The Balaban J connectivity index is 5.72. The lowest BCUT2D eigenvalue weighted by Crippen LogP contribution is -2.50. The average Bonchev–Trinajstić information content (AvgIpc) is 2.80. The predicted molar refractivity (Wildman–Crippen MR) is 152 cm³/mol. The van der Waals surface area contributed by atoms with E-state index in [2.05, 4.69) is 75.4 Å². The van der Waals surface area contributed by atoms with Crippen LogP contribution in [0.5, 0.6) is 0 Å². The number of carbonyl (C=O) groups is 1. The van der Waals surface area contributed by atoms with E-state index in [0.29, 0.717) is 5.92 Å². The molecule has 6 heteroatoms. The second-order valence-electron chi connectivity index (χ2n) is 12.4. The third-order valence-corrected chi connectivity index (χ3v) is 18.3. The van der Waals surface area contributed by atoms with E-state index in [0.717, 1.165) is 31.0 Å². The molecule has 204 valence electrons. The molecule has 0 aliphatic carbocycles. The summed E-state index contributed by atoms with van der Waals surface area (Å²) in [6.45, 7) is 30.4. The van der Waals surface area contributed by atoms with Gasteiger partial charge in [0, 0.05) is 23.9 Å². The zero-order valence-corrected chi connectivity index (χ0v) is 27.2. The Labute approximate surface area is 215 Å². The number of aliphatic hydroxyl groups is 1. The van der Waals surface area contributed by atoms with Gasteiger partial charge < -0.3 is 14.0 Å². The number of aliphatic hydroxyl groups excluding tert-OH is 1. The van der Waals surface area contributed by atoms with Gasteiger partial charge in [0.15, 0.2) is 16.6 Å². The first-order valence-electron chi connectivity index (χ1n) is 14.1. The second-order valence-corrected chi connectivity index (χ2v) is 21.8. The molecule has 0 spiro atoms. The first-order valence-corrected chi connectivity index (χ1v) is 19.5. The molecule has 0 aliphatic heterocycles. The maximum absolute atomic E-state index is 13.7. The standard InChI is InChI=1S/C28H60O4Si2/c1-15-20(6)27(32-34(17-3,18-4)19-5)23(9)26(30)22(8)25(29)21(7)24(16-2)31-33(13,14)28(10,11)12/h20-25,27,29H,15-19H2,1-14H3/t20-,21+,22?,23+,24-,25?,27-/m0/s1. The first kappa shape index (κ1) is 34.0. The summed E-state index contributed by atoms with van der Waals surface area (Å²) < 4.78 is 13.6. The van der Waals surface area contributed by atoms with Gasteiger partial charge in [0.05, 0.1) is 12.2 Å². The monoisotopic (exact) mass is 516 g/mol. The topological polar surface area (TPSA) is 55.8 Å². The van der Waals surface area contributed by atoms with Crippen molar-refractivity contribution in [2.45, 2.75) is 151 Å². The summed E-state index contributed by atoms with van der Waals surface area (Å²) in [5, 5.41) is 11.4. The Kier molecular flexibility index (Phi) is 14.1. The molecular formula is C28H60O4Si2. The third kappa shape index (κ3) is 8.53. The zero-order valence-electron chi connectivity index (χ0n) is 25.2. The molecule has 2 unspecified atom stereocenters. The minimum absolute atomic E-state index is 0.0524. The van der Waals surface area contributed by atoms with E-state index >= 15 is 0 Å². The molecule has 0 saturated heterocycles. The van der Waals surface area contributed by atoms with Gasteiger partial charge in [0.2, 0.25) is 0 Å². The Morgan fingerprint density at radius 2 is 1.29 bits per heavy atom. The van der Waals surface area contributed by atoms with Gasteiger partial charge >= 0.3 is 0 Å². The lowest BCUT2D eigenvalue weighted by molar-refractivity contribution is -0.135. The molecule has 0 aliphatic rings. The highest BCUT2D eigenvalue weighted by Crippen LogP contribution is 2.39. The summed E-state index contributed by atoms with van der Waals surface area (Å²) in [6, 6.07) is 3.23. The minimum atomic E-state index is -1.97. The molecule has 0 amide bonds. The summed E-state index contributed by atoms with van der Waals surface area (Å²) in [5.41, 5.74) is 0. The fraction of sp³-hybridized carbons (Fsp3) is 0.964. The third-order valence-electron chi connectivity index (χ3n) is 9.21. The summed E-state index contributed by atoms with van der Waals surface area (Å²) in [6.07, 6.45) is 0.947. The summed E-state index contributed by atoms with van der Waals surface area (Å²) in [5.74, 6) is -0.355. The molecule has 0 rings (SSSR count). The fourth-order valence-electron chi connectivity index (χ4n) is 4.77. The van der Waals surface area contributed by atoms with Gasteiger partial charge in [-0.2, -0.15) is 0 Å². The Hall–Kier alpha value is -0.0162. The molecule has 0 radical (unpaired) electrons. The van der Waals surface area contributed by atoms with E-state index in [1.165, 1.54) is 0 Å². The van der Waals surface area contributed by atoms with Gasteiger partial charge in [-0.1, -0.05) is 89.5 Å². The predicted octanol–water partition coefficient (Wildman–Crippen LogP) is 8.06. The molecule has 0 saturated carbocycles. The van der Waals surface area contributed by atoms with Crippen molar-refractivity contribution >= 4 is 22.4 Å². The summed E-state index contributed by atoms with van der Waals surface area (Å²) in [4.78, 5) is 13.7.